The van der Waals surface area contributed by atoms with Crippen LogP contribution in [0.5, 0.6) is 0 Å². The van der Waals surface area contributed by atoms with Crippen LogP contribution in [0.25, 0.3) is 0 Å². The molecule has 2 unspecified atom stereocenters. The molecule has 18 heteroatoms. The predicted octanol–water partition coefficient (Wildman–Crippen LogP) is 1.06. The monoisotopic (exact) mass is 662 g/mol. The summed E-state index contributed by atoms with van der Waals surface area (Å²) in [6.07, 6.45) is 0.885. The number of benzene rings is 1. The lowest BCUT2D eigenvalue weighted by Crippen LogP contribution is -2.49. The number of nitrogens with one attached hydrogen (secondary N) is 3. The third-order valence-corrected chi connectivity index (χ3v) is 9.65. The molecule has 0 saturated carbocycles. The fourth-order valence-electron chi connectivity index (χ4n) is 3.38. The van der Waals surface area contributed by atoms with Gasteiger partial charge in [-0.05, 0) is 49.3 Å². The molecule has 1 aromatic carbocycles. The summed E-state index contributed by atoms with van der Waals surface area (Å²) < 4.78 is 24.7. The second-order valence-corrected chi connectivity index (χ2v) is 13.3. The molecule has 0 aliphatic carbocycles. The SMILES string of the molecule is CCOP(=O)(OCC)C(C)(C)/[N+](O)=C\c1ccc(NC(=O)CSCC(NC(=O)CCC(N)C(=O)O)C(=O)NCC(=O)O)cc1. The quantitative estimate of drug-likeness (QED) is 0.0340. The lowest BCUT2D eigenvalue weighted by atomic mass is 10.1. The molecule has 1 rings (SSSR count). The largest absolute Gasteiger partial charge is 0.480 e. The summed E-state index contributed by atoms with van der Waals surface area (Å²) in [5, 5.41) is 34.2. The van der Waals surface area contributed by atoms with E-state index >= 15 is 0 Å². The summed E-state index contributed by atoms with van der Waals surface area (Å²) >= 11 is 0.997. The van der Waals surface area contributed by atoms with Crippen molar-refractivity contribution in [3.63, 3.8) is 0 Å². The van der Waals surface area contributed by atoms with Crippen LogP contribution in [0.15, 0.2) is 24.3 Å². The molecule has 0 heterocycles. The maximum atomic E-state index is 13.2. The fourth-order valence-corrected chi connectivity index (χ4v) is 5.92. The van der Waals surface area contributed by atoms with Gasteiger partial charge < -0.3 is 40.9 Å². The minimum atomic E-state index is -3.71. The van der Waals surface area contributed by atoms with Gasteiger partial charge in [0.25, 0.3) is 0 Å². The molecule has 0 aliphatic heterocycles. The van der Waals surface area contributed by atoms with Gasteiger partial charge in [-0.15, -0.1) is 11.8 Å². The minimum absolute atomic E-state index is 0.0844. The van der Waals surface area contributed by atoms with E-state index in [-0.39, 0.29) is 37.6 Å². The Bertz CT molecular complexity index is 1230. The van der Waals surface area contributed by atoms with E-state index in [4.69, 9.17) is 25.0 Å². The Kier molecular flexibility index (Phi) is 16.1. The number of carbonyl (C=O) groups is 5. The topological polar surface area (TPSA) is 247 Å². The van der Waals surface area contributed by atoms with Crippen LogP contribution in [-0.4, -0.2) is 105 Å². The van der Waals surface area contributed by atoms with Crippen molar-refractivity contribution in [2.45, 2.75) is 57.9 Å². The van der Waals surface area contributed by atoms with Crippen molar-refractivity contribution in [3.8, 4) is 0 Å². The van der Waals surface area contributed by atoms with E-state index in [1.807, 2.05) is 0 Å². The number of nitrogens with zero attached hydrogens (tertiary/aromatic N) is 1. The lowest BCUT2D eigenvalue weighted by molar-refractivity contribution is -0.804. The first-order valence-electron chi connectivity index (χ1n) is 13.5. The Balaban J connectivity index is 2.80. The van der Waals surface area contributed by atoms with Gasteiger partial charge in [-0.1, -0.05) is 0 Å². The number of hydrogen-bond donors (Lipinski definition) is 7. The molecule has 16 nitrogen and oxygen atoms in total. The summed E-state index contributed by atoms with van der Waals surface area (Å²) in [7, 11) is -3.71. The maximum absolute atomic E-state index is 13.2. The van der Waals surface area contributed by atoms with Gasteiger partial charge in [-0.25, -0.2) is 0 Å². The van der Waals surface area contributed by atoms with E-state index in [9.17, 15) is 33.7 Å². The normalized spacial score (nSPS) is 13.4. The van der Waals surface area contributed by atoms with Crippen LogP contribution in [-0.2, 0) is 37.6 Å². The van der Waals surface area contributed by atoms with Crippen molar-refractivity contribution in [1.29, 1.82) is 0 Å². The number of amides is 3. The van der Waals surface area contributed by atoms with Crippen molar-refractivity contribution in [3.05, 3.63) is 29.8 Å². The molecule has 3 amide bonds. The van der Waals surface area contributed by atoms with Crippen molar-refractivity contribution < 1.29 is 57.7 Å². The minimum Gasteiger partial charge on any atom is -0.480 e. The molecule has 246 valence electrons. The van der Waals surface area contributed by atoms with Crippen LogP contribution in [0.2, 0.25) is 0 Å². The molecule has 0 bridgehead atoms. The number of carboxylic acids is 2. The highest BCUT2D eigenvalue weighted by atomic mass is 32.2. The zero-order valence-corrected chi connectivity index (χ0v) is 26.7. The van der Waals surface area contributed by atoms with E-state index in [0.29, 0.717) is 11.3 Å². The average Bonchev–Trinajstić information content (AvgIpc) is 2.95. The van der Waals surface area contributed by atoms with Crippen LogP contribution in [0.3, 0.4) is 0 Å². The van der Waals surface area contributed by atoms with Gasteiger partial charge in [-0.2, -0.15) is 0 Å². The predicted molar refractivity (Wildman–Crippen MR) is 162 cm³/mol. The molecule has 0 radical (unpaired) electrons. The van der Waals surface area contributed by atoms with E-state index in [2.05, 4.69) is 16.0 Å². The fraction of sp³-hybridized carbons (Fsp3) is 0.538. The first-order chi connectivity index (χ1) is 20.6. The van der Waals surface area contributed by atoms with Gasteiger partial charge in [0.15, 0.2) is 0 Å². The number of carboxylic acid groups (broad SMARTS) is 2. The first-order valence-corrected chi connectivity index (χ1v) is 16.2. The molecular weight excluding hydrogens is 621 g/mol. The molecule has 0 spiro atoms. The molecular formula is C26H41N5O11PS+. The third kappa shape index (κ3) is 12.6. The summed E-state index contributed by atoms with van der Waals surface area (Å²) in [4.78, 5) is 58.8. The zero-order chi connectivity index (χ0) is 33.5. The Morgan fingerprint density at radius 2 is 1.66 bits per heavy atom. The van der Waals surface area contributed by atoms with Gasteiger partial charge in [0.2, 0.25) is 23.9 Å². The number of rotatable bonds is 20. The van der Waals surface area contributed by atoms with Crippen molar-refractivity contribution in [1.82, 2.24) is 10.6 Å². The van der Waals surface area contributed by atoms with Crippen molar-refractivity contribution in [2.24, 2.45) is 5.73 Å². The summed E-state index contributed by atoms with van der Waals surface area (Å²) in [6.45, 7) is 5.93. The Hall–Kier alpha value is -3.50. The number of nitrogens with two attached hydrogens (primary N) is 1. The number of aliphatic carboxylic acids is 2. The summed E-state index contributed by atoms with van der Waals surface area (Å²) in [6, 6.07) is 3.89. The Morgan fingerprint density at radius 3 is 2.18 bits per heavy atom. The van der Waals surface area contributed by atoms with Gasteiger partial charge in [0.05, 0.1) is 19.0 Å². The van der Waals surface area contributed by atoms with Gasteiger partial charge in [-0.3, -0.25) is 33.7 Å². The van der Waals surface area contributed by atoms with Crippen LogP contribution in [0, 0.1) is 0 Å². The number of thioether (sulfide) groups is 1. The highest BCUT2D eigenvalue weighted by Crippen LogP contribution is 2.59. The molecule has 2 atom stereocenters. The lowest BCUT2D eigenvalue weighted by Gasteiger charge is -2.26. The molecule has 0 aromatic heterocycles. The van der Waals surface area contributed by atoms with Gasteiger partial charge in [0, 0.05) is 37.3 Å². The smallest absolute Gasteiger partial charge is 0.405 e. The Labute approximate surface area is 259 Å². The third-order valence-electron chi connectivity index (χ3n) is 5.88. The van der Waals surface area contributed by atoms with E-state index in [1.54, 1.807) is 38.1 Å². The number of carbonyl (C=O) groups excluding carboxylic acids is 3. The number of hydroxylamine groups is 1. The van der Waals surface area contributed by atoms with Crippen molar-refractivity contribution >= 4 is 60.9 Å². The molecule has 1 aromatic rings. The van der Waals surface area contributed by atoms with Crippen LogP contribution in [0.1, 0.15) is 46.1 Å². The van der Waals surface area contributed by atoms with Gasteiger partial charge in [0.1, 0.15) is 18.6 Å². The molecule has 0 fully saturated rings. The molecule has 0 aliphatic rings. The van der Waals surface area contributed by atoms with Crippen LogP contribution < -0.4 is 21.7 Å². The average molecular weight is 663 g/mol. The van der Waals surface area contributed by atoms with Crippen LogP contribution >= 0.6 is 19.4 Å². The molecule has 0 saturated heterocycles. The van der Waals surface area contributed by atoms with E-state index in [0.717, 1.165) is 16.5 Å². The number of anilines is 1. The van der Waals surface area contributed by atoms with Crippen LogP contribution in [0.4, 0.5) is 5.69 Å². The molecule has 8 N–H and O–H groups in total. The highest BCUT2D eigenvalue weighted by molar-refractivity contribution is 8.00. The van der Waals surface area contributed by atoms with Gasteiger partial charge >= 0.3 is 24.8 Å². The standard InChI is InChI=1S/C26H40N5O11PS/c1-5-41-43(40,42-6-2)26(3,4)31(39)14-17-7-9-18(10-8-17)29-22(33)16-44-15-20(24(36)28-13-23(34)35)30-21(32)12-11-19(27)25(37)38/h7-10,14,19-20,39H,5-6,11-13,15-16,27H2,1-4H3,(H4,28,30,32,34,35,36,37,38)/p+1. The van der Waals surface area contributed by atoms with Crippen molar-refractivity contribution in [2.75, 3.05) is 36.6 Å². The summed E-state index contributed by atoms with van der Waals surface area (Å²) in [5.74, 6) is -4.68. The number of hydrogen-bond acceptors (Lipinski definition) is 11. The second kappa shape index (κ2) is 18.3. The zero-order valence-electron chi connectivity index (χ0n) is 25.0. The highest BCUT2D eigenvalue weighted by Gasteiger charge is 2.54. The maximum Gasteiger partial charge on any atom is 0.405 e. The van der Waals surface area contributed by atoms with E-state index < -0.39 is 61.2 Å². The molecule has 44 heavy (non-hydrogen) atoms. The first kappa shape index (κ1) is 38.5. The Morgan fingerprint density at radius 1 is 1.07 bits per heavy atom. The summed E-state index contributed by atoms with van der Waals surface area (Å²) in [5.41, 5.74) is 6.33. The second-order valence-electron chi connectivity index (χ2n) is 9.70. The van der Waals surface area contributed by atoms with E-state index in [1.165, 1.54) is 20.1 Å².